The van der Waals surface area contributed by atoms with E-state index in [1.165, 1.54) is 0 Å². The molecule has 2 aliphatic heterocycles. The number of nitrogens with zero attached hydrogens (tertiary/aromatic N) is 4. The molecule has 8 nitrogen and oxygen atoms in total. The Labute approximate surface area is 123 Å². The summed E-state index contributed by atoms with van der Waals surface area (Å²) in [6, 6.07) is 0. The molecular weight excluding hydrogens is 362 g/mol. The standard InChI is InChI=1S/C8H4F6N4O4S/c9-7(10,11)5(1-3-15-17-5)21-23(19,20)22-6(8(12,13)14)2-4-16-18-6/h1-4H. The van der Waals surface area contributed by atoms with Gasteiger partial charge in [0.1, 0.15) is 0 Å². The Morgan fingerprint density at radius 3 is 1.35 bits per heavy atom. The van der Waals surface area contributed by atoms with Crippen molar-refractivity contribution >= 4 is 10.4 Å². The molecule has 0 aromatic rings. The highest BCUT2D eigenvalue weighted by molar-refractivity contribution is 7.82. The molecule has 0 aliphatic carbocycles. The lowest BCUT2D eigenvalue weighted by atomic mass is 10.2. The molecule has 0 aromatic carbocycles. The maximum Gasteiger partial charge on any atom is 0.445 e. The third-order valence-corrected chi connectivity index (χ3v) is 3.33. The largest absolute Gasteiger partial charge is 0.445 e. The van der Waals surface area contributed by atoms with Crippen LogP contribution in [0.15, 0.2) is 45.0 Å². The minimum Gasteiger partial charge on any atom is -0.202 e. The van der Waals surface area contributed by atoms with Crippen molar-refractivity contribution in [2.75, 3.05) is 0 Å². The zero-order valence-corrected chi connectivity index (χ0v) is 11.2. The molecule has 128 valence electrons. The van der Waals surface area contributed by atoms with Crippen LogP contribution in [0.5, 0.6) is 0 Å². The second kappa shape index (κ2) is 5.07. The molecule has 23 heavy (non-hydrogen) atoms. The van der Waals surface area contributed by atoms with Crippen LogP contribution in [-0.4, -0.2) is 32.2 Å². The van der Waals surface area contributed by atoms with Gasteiger partial charge in [-0.15, -0.1) is 10.2 Å². The zero-order chi connectivity index (χ0) is 17.6. The molecular formula is C8H4F6N4O4S. The van der Waals surface area contributed by atoms with Gasteiger partial charge in [0.2, 0.25) is 0 Å². The van der Waals surface area contributed by atoms with Crippen LogP contribution in [0.25, 0.3) is 0 Å². The highest BCUT2D eigenvalue weighted by Crippen LogP contribution is 2.44. The van der Waals surface area contributed by atoms with Gasteiger partial charge in [-0.3, -0.25) is 0 Å². The fraction of sp³-hybridized carbons (Fsp3) is 0.500. The molecule has 2 heterocycles. The van der Waals surface area contributed by atoms with E-state index < -0.39 is 34.2 Å². The first kappa shape index (κ1) is 17.5. The predicted molar refractivity (Wildman–Crippen MR) is 56.7 cm³/mol. The summed E-state index contributed by atoms with van der Waals surface area (Å²) < 4.78 is 108. The Bertz CT molecular complexity index is 629. The van der Waals surface area contributed by atoms with Gasteiger partial charge >= 0.3 is 34.2 Å². The summed E-state index contributed by atoms with van der Waals surface area (Å²) in [4.78, 5) is 0. The lowest BCUT2D eigenvalue weighted by Gasteiger charge is -2.28. The zero-order valence-electron chi connectivity index (χ0n) is 10.4. The first-order chi connectivity index (χ1) is 10.3. The highest BCUT2D eigenvalue weighted by atomic mass is 32.3. The molecule has 0 aromatic heterocycles. The quantitative estimate of drug-likeness (QED) is 0.714. The molecule has 2 unspecified atom stereocenters. The Hall–Kier alpha value is -1.87. The van der Waals surface area contributed by atoms with Crippen molar-refractivity contribution in [1.29, 1.82) is 0 Å². The molecule has 0 saturated heterocycles. The first-order valence-electron chi connectivity index (χ1n) is 5.32. The van der Waals surface area contributed by atoms with Crippen LogP contribution < -0.4 is 0 Å². The molecule has 0 N–H and O–H groups in total. The molecule has 0 radical (unpaired) electrons. The van der Waals surface area contributed by atoms with Crippen LogP contribution in [0.4, 0.5) is 26.3 Å². The smallest absolute Gasteiger partial charge is 0.202 e. The van der Waals surface area contributed by atoms with E-state index in [1.54, 1.807) is 0 Å². The number of halogens is 6. The van der Waals surface area contributed by atoms with Gasteiger partial charge in [0, 0.05) is 12.2 Å². The van der Waals surface area contributed by atoms with Gasteiger partial charge < -0.3 is 0 Å². The van der Waals surface area contributed by atoms with Gasteiger partial charge in [-0.1, -0.05) is 0 Å². The van der Waals surface area contributed by atoms with E-state index in [1.807, 2.05) is 0 Å². The van der Waals surface area contributed by atoms with Crippen LogP contribution in [0, 0.1) is 0 Å². The SMILES string of the molecule is O=S(=O)(OC1(C(F)(F)F)C=CN=N1)OC1(C(F)(F)F)C=CN=N1. The maximum atomic E-state index is 12.9. The van der Waals surface area contributed by atoms with Crippen molar-refractivity contribution < 1.29 is 43.1 Å². The summed E-state index contributed by atoms with van der Waals surface area (Å²) in [6.07, 6.45) is -9.79. The maximum absolute atomic E-state index is 12.9. The van der Waals surface area contributed by atoms with Crippen molar-refractivity contribution in [3.63, 3.8) is 0 Å². The number of alkyl halides is 6. The summed E-state index contributed by atoms with van der Waals surface area (Å²) in [5, 5.41) is 10.6. The lowest BCUT2D eigenvalue weighted by molar-refractivity contribution is -0.241. The minimum atomic E-state index is -5.88. The second-order valence-electron chi connectivity index (χ2n) is 4.03. The Balaban J connectivity index is 2.33. The monoisotopic (exact) mass is 366 g/mol. The fourth-order valence-electron chi connectivity index (χ4n) is 1.39. The summed E-state index contributed by atoms with van der Waals surface area (Å²) in [5.41, 5.74) is -7.64. The average molecular weight is 366 g/mol. The van der Waals surface area contributed by atoms with Gasteiger partial charge in [-0.05, 0) is 0 Å². The molecule has 0 bridgehead atoms. The van der Waals surface area contributed by atoms with E-state index in [0.29, 0.717) is 12.4 Å². The summed E-state index contributed by atoms with van der Waals surface area (Å²) in [6.45, 7) is 0. The summed E-state index contributed by atoms with van der Waals surface area (Å²) >= 11 is 0. The first-order valence-corrected chi connectivity index (χ1v) is 6.65. The molecule has 2 aliphatic rings. The van der Waals surface area contributed by atoms with Crippen molar-refractivity contribution in [3.05, 3.63) is 24.6 Å². The van der Waals surface area contributed by atoms with E-state index in [4.69, 9.17) is 0 Å². The van der Waals surface area contributed by atoms with Crippen molar-refractivity contribution in [3.8, 4) is 0 Å². The topological polar surface area (TPSA) is 102 Å². The molecule has 0 saturated carbocycles. The van der Waals surface area contributed by atoms with Gasteiger partial charge in [0.15, 0.2) is 0 Å². The third-order valence-electron chi connectivity index (χ3n) is 2.42. The van der Waals surface area contributed by atoms with E-state index >= 15 is 0 Å². The van der Waals surface area contributed by atoms with Crippen molar-refractivity contribution in [2.24, 2.45) is 20.5 Å². The lowest BCUT2D eigenvalue weighted by Crippen LogP contribution is -2.49. The van der Waals surface area contributed by atoms with E-state index in [2.05, 4.69) is 28.8 Å². The number of hydrogen-bond donors (Lipinski definition) is 0. The van der Waals surface area contributed by atoms with Crippen molar-refractivity contribution in [1.82, 2.24) is 0 Å². The number of rotatable bonds is 4. The van der Waals surface area contributed by atoms with E-state index in [-0.39, 0.29) is 12.2 Å². The molecule has 2 rings (SSSR count). The van der Waals surface area contributed by atoms with Crippen molar-refractivity contribution in [2.45, 2.75) is 23.8 Å². The van der Waals surface area contributed by atoms with Gasteiger partial charge in [0.05, 0.1) is 12.4 Å². The molecule has 0 amide bonds. The Kier molecular flexibility index (Phi) is 3.85. The summed E-state index contributed by atoms with van der Waals surface area (Å²) in [7, 11) is -5.88. The van der Waals surface area contributed by atoms with E-state index in [0.717, 1.165) is 0 Å². The minimum absolute atomic E-state index is 0.0835. The highest BCUT2D eigenvalue weighted by Gasteiger charge is 2.64. The van der Waals surface area contributed by atoms with Crippen LogP contribution in [0.2, 0.25) is 0 Å². The Morgan fingerprint density at radius 2 is 1.13 bits per heavy atom. The molecule has 15 heteroatoms. The van der Waals surface area contributed by atoms with Gasteiger partial charge in [-0.2, -0.15) is 45.0 Å². The van der Waals surface area contributed by atoms with Crippen LogP contribution in [0.3, 0.4) is 0 Å². The fourth-order valence-corrected chi connectivity index (χ4v) is 2.41. The number of azo groups is 2. The van der Waals surface area contributed by atoms with Gasteiger partial charge in [-0.25, -0.2) is 8.37 Å². The number of hydrogen-bond acceptors (Lipinski definition) is 8. The Morgan fingerprint density at radius 1 is 0.783 bits per heavy atom. The van der Waals surface area contributed by atoms with Crippen LogP contribution >= 0.6 is 0 Å². The second-order valence-corrected chi connectivity index (χ2v) is 5.18. The normalized spacial score (nSPS) is 30.5. The molecule has 2 atom stereocenters. The molecule has 0 fully saturated rings. The summed E-state index contributed by atoms with van der Waals surface area (Å²) in [5.74, 6) is 0. The predicted octanol–water partition coefficient (Wildman–Crippen LogP) is 2.74. The van der Waals surface area contributed by atoms with Crippen LogP contribution in [-0.2, 0) is 18.8 Å². The average Bonchev–Trinajstić information content (AvgIpc) is 2.96. The molecule has 0 spiro atoms. The third kappa shape index (κ3) is 3.11. The van der Waals surface area contributed by atoms with Gasteiger partial charge in [0.25, 0.3) is 0 Å². The van der Waals surface area contributed by atoms with E-state index in [9.17, 15) is 34.8 Å². The van der Waals surface area contributed by atoms with Crippen LogP contribution in [0.1, 0.15) is 0 Å².